The Hall–Kier alpha value is -1.76. The van der Waals surface area contributed by atoms with Gasteiger partial charge in [0.1, 0.15) is 11.4 Å². The monoisotopic (exact) mass is 380 g/mol. The minimum Gasteiger partial charge on any atom is -0.487 e. The van der Waals surface area contributed by atoms with Crippen LogP contribution < -0.4 is 4.74 Å². The fourth-order valence-corrected chi connectivity index (χ4v) is 3.89. The maximum atomic E-state index is 6.46. The lowest BCUT2D eigenvalue weighted by molar-refractivity contribution is 0.0563. The van der Waals surface area contributed by atoms with E-state index in [0.29, 0.717) is 0 Å². The summed E-state index contributed by atoms with van der Waals surface area (Å²) in [4.78, 5) is 0. The highest BCUT2D eigenvalue weighted by atomic mass is 16.5. The molecule has 1 atom stereocenters. The predicted molar refractivity (Wildman–Crippen MR) is 123 cm³/mol. The minimum absolute atomic E-state index is 0.0304. The summed E-state index contributed by atoms with van der Waals surface area (Å²) in [6.07, 6.45) is 16.3. The molecule has 0 unspecified atom stereocenters. The Morgan fingerprint density at radius 3 is 2.29 bits per heavy atom. The molecule has 0 fully saturated rings. The minimum atomic E-state index is -0.0304. The fraction of sp³-hybridized carbons (Fsp3) is 0.556. The van der Waals surface area contributed by atoms with Crippen molar-refractivity contribution in [1.82, 2.24) is 0 Å². The Bertz CT molecular complexity index is 731. The number of para-hydroxylation sites is 1. The molecule has 1 aliphatic heterocycles. The van der Waals surface area contributed by atoms with Gasteiger partial charge in [0.2, 0.25) is 0 Å². The molecular formula is C27H40O. The SMILES string of the molecule is CC(C)=CCC/C(C)=C/CC/C(C)=C/CC[C@]1(C)CCc2cccc(C)c2O1. The molecule has 1 nitrogen and oxygen atoms in total. The first-order valence-corrected chi connectivity index (χ1v) is 11.0. The third-order valence-electron chi connectivity index (χ3n) is 5.85. The molecule has 0 amide bonds. The highest BCUT2D eigenvalue weighted by molar-refractivity contribution is 5.42. The first-order chi connectivity index (χ1) is 13.3. The highest BCUT2D eigenvalue weighted by Gasteiger charge is 2.31. The third-order valence-corrected chi connectivity index (χ3v) is 5.85. The van der Waals surface area contributed by atoms with E-state index in [2.05, 4.69) is 78.0 Å². The van der Waals surface area contributed by atoms with Crippen LogP contribution in [-0.2, 0) is 6.42 Å². The summed E-state index contributed by atoms with van der Waals surface area (Å²) >= 11 is 0. The number of hydrogen-bond acceptors (Lipinski definition) is 1. The summed E-state index contributed by atoms with van der Waals surface area (Å²) in [6.45, 7) is 13.3. The van der Waals surface area contributed by atoms with Gasteiger partial charge in [-0.3, -0.25) is 0 Å². The molecular weight excluding hydrogens is 340 g/mol. The summed E-state index contributed by atoms with van der Waals surface area (Å²) in [5.74, 6) is 1.13. The van der Waals surface area contributed by atoms with Crippen molar-refractivity contribution >= 4 is 0 Å². The van der Waals surface area contributed by atoms with Crippen molar-refractivity contribution < 1.29 is 4.74 Å². The lowest BCUT2D eigenvalue weighted by Gasteiger charge is -2.36. The lowest BCUT2D eigenvalue weighted by atomic mass is 9.87. The summed E-state index contributed by atoms with van der Waals surface area (Å²) in [5, 5.41) is 0. The van der Waals surface area contributed by atoms with Crippen molar-refractivity contribution in [3.63, 3.8) is 0 Å². The molecule has 1 heteroatoms. The first-order valence-electron chi connectivity index (χ1n) is 11.0. The number of hydrogen-bond donors (Lipinski definition) is 0. The van der Waals surface area contributed by atoms with Crippen molar-refractivity contribution in [2.24, 2.45) is 0 Å². The van der Waals surface area contributed by atoms with Crippen molar-refractivity contribution in [2.45, 2.75) is 98.5 Å². The van der Waals surface area contributed by atoms with Crippen molar-refractivity contribution in [3.05, 3.63) is 64.3 Å². The van der Waals surface area contributed by atoms with Crippen LogP contribution in [-0.4, -0.2) is 5.60 Å². The van der Waals surface area contributed by atoms with Gasteiger partial charge in [0.15, 0.2) is 0 Å². The highest BCUT2D eigenvalue weighted by Crippen LogP contribution is 2.37. The molecule has 0 radical (unpaired) electrons. The molecule has 154 valence electrons. The van der Waals surface area contributed by atoms with Gasteiger partial charge in [-0.1, -0.05) is 53.1 Å². The van der Waals surface area contributed by atoms with Gasteiger partial charge in [-0.05, 0) is 104 Å². The zero-order chi connectivity index (χ0) is 20.6. The zero-order valence-corrected chi connectivity index (χ0v) is 19.0. The normalized spacial score (nSPS) is 19.8. The number of ether oxygens (including phenoxy) is 1. The Morgan fingerprint density at radius 2 is 1.61 bits per heavy atom. The largest absolute Gasteiger partial charge is 0.487 e. The van der Waals surface area contributed by atoms with Crippen LogP contribution in [0.15, 0.2) is 53.1 Å². The van der Waals surface area contributed by atoms with Crippen LogP contribution in [0.3, 0.4) is 0 Å². The van der Waals surface area contributed by atoms with Gasteiger partial charge in [-0.15, -0.1) is 0 Å². The Balaban J connectivity index is 1.76. The molecule has 0 N–H and O–H groups in total. The third kappa shape index (κ3) is 7.34. The quantitative estimate of drug-likeness (QED) is 0.392. The van der Waals surface area contributed by atoms with E-state index in [-0.39, 0.29) is 5.60 Å². The summed E-state index contributed by atoms with van der Waals surface area (Å²) in [5.41, 5.74) is 7.04. The molecule has 0 saturated carbocycles. The molecule has 2 rings (SSSR count). The standard InChI is InChI=1S/C27H40O/c1-21(2)11-7-12-22(3)13-8-14-23(4)15-10-19-27(6)20-18-25-17-9-16-24(5)26(25)28-27/h9,11,13,15-17H,7-8,10,12,14,18-20H2,1-6H3/b22-13+,23-15+/t27-/m1/s1. The van der Waals surface area contributed by atoms with Crippen LogP contribution >= 0.6 is 0 Å². The van der Waals surface area contributed by atoms with E-state index in [1.54, 1.807) is 0 Å². The second-order valence-corrected chi connectivity index (χ2v) is 9.11. The van der Waals surface area contributed by atoms with Gasteiger partial charge in [-0.25, -0.2) is 0 Å². The summed E-state index contributed by atoms with van der Waals surface area (Å²) in [6, 6.07) is 6.51. The Labute approximate surface area is 173 Å². The van der Waals surface area contributed by atoms with Crippen LogP contribution in [0.5, 0.6) is 5.75 Å². The molecule has 1 aromatic rings. The summed E-state index contributed by atoms with van der Waals surface area (Å²) in [7, 11) is 0. The van der Waals surface area contributed by atoms with Gasteiger partial charge in [-0.2, -0.15) is 0 Å². The number of allylic oxidation sites excluding steroid dienone is 6. The van der Waals surface area contributed by atoms with Crippen LogP contribution in [0.4, 0.5) is 0 Å². The first kappa shape index (κ1) is 22.5. The average Bonchev–Trinajstić information content (AvgIpc) is 2.62. The van der Waals surface area contributed by atoms with E-state index in [1.165, 1.54) is 47.1 Å². The van der Waals surface area contributed by atoms with Crippen molar-refractivity contribution in [3.8, 4) is 5.75 Å². The zero-order valence-electron chi connectivity index (χ0n) is 19.0. The van der Waals surface area contributed by atoms with E-state index >= 15 is 0 Å². The van der Waals surface area contributed by atoms with Gasteiger partial charge in [0.05, 0.1) is 0 Å². The van der Waals surface area contributed by atoms with Crippen LogP contribution in [0, 0.1) is 6.92 Å². The number of benzene rings is 1. The van der Waals surface area contributed by atoms with E-state index in [9.17, 15) is 0 Å². The molecule has 28 heavy (non-hydrogen) atoms. The van der Waals surface area contributed by atoms with Gasteiger partial charge >= 0.3 is 0 Å². The van der Waals surface area contributed by atoms with Crippen LogP contribution in [0.1, 0.15) is 90.7 Å². The van der Waals surface area contributed by atoms with Gasteiger partial charge in [0.25, 0.3) is 0 Å². The molecule has 1 aromatic carbocycles. The molecule has 1 aliphatic rings. The Morgan fingerprint density at radius 1 is 0.964 bits per heavy atom. The van der Waals surface area contributed by atoms with E-state index in [0.717, 1.165) is 37.9 Å². The maximum absolute atomic E-state index is 6.46. The van der Waals surface area contributed by atoms with E-state index in [4.69, 9.17) is 4.74 Å². The maximum Gasteiger partial charge on any atom is 0.126 e. The number of rotatable bonds is 9. The van der Waals surface area contributed by atoms with E-state index < -0.39 is 0 Å². The topological polar surface area (TPSA) is 9.23 Å². The second kappa shape index (κ2) is 10.7. The molecule has 1 heterocycles. The second-order valence-electron chi connectivity index (χ2n) is 9.11. The van der Waals surface area contributed by atoms with Crippen LogP contribution in [0.25, 0.3) is 0 Å². The molecule has 0 saturated heterocycles. The average molecular weight is 381 g/mol. The fourth-order valence-electron chi connectivity index (χ4n) is 3.89. The lowest BCUT2D eigenvalue weighted by Crippen LogP contribution is -2.36. The molecule has 0 aromatic heterocycles. The van der Waals surface area contributed by atoms with Crippen LogP contribution in [0.2, 0.25) is 0 Å². The molecule has 0 bridgehead atoms. The smallest absolute Gasteiger partial charge is 0.126 e. The van der Waals surface area contributed by atoms with E-state index in [1.807, 2.05) is 0 Å². The predicted octanol–water partition coefficient (Wildman–Crippen LogP) is 8.28. The summed E-state index contributed by atoms with van der Waals surface area (Å²) < 4.78 is 6.46. The Kier molecular flexibility index (Phi) is 8.60. The van der Waals surface area contributed by atoms with Crippen molar-refractivity contribution in [2.75, 3.05) is 0 Å². The number of fused-ring (bicyclic) bond motifs is 1. The van der Waals surface area contributed by atoms with Gasteiger partial charge < -0.3 is 4.74 Å². The van der Waals surface area contributed by atoms with Crippen molar-refractivity contribution in [1.29, 1.82) is 0 Å². The number of aryl methyl sites for hydroxylation is 2. The molecule has 0 spiro atoms. The molecule has 0 aliphatic carbocycles. The van der Waals surface area contributed by atoms with Gasteiger partial charge in [0, 0.05) is 0 Å².